The minimum atomic E-state index is -3.93. The van der Waals surface area contributed by atoms with Crippen molar-refractivity contribution in [2.24, 2.45) is 5.73 Å². The highest BCUT2D eigenvalue weighted by atomic mass is 31.2. The maximum Gasteiger partial charge on any atom is 0.475 e. The van der Waals surface area contributed by atoms with Gasteiger partial charge in [0.15, 0.2) is 12.0 Å². The molecular formula is C19H29N2O9P. The van der Waals surface area contributed by atoms with Crippen molar-refractivity contribution in [1.82, 2.24) is 4.90 Å². The van der Waals surface area contributed by atoms with E-state index >= 15 is 0 Å². The number of esters is 1. The molecule has 1 amide bonds. The lowest BCUT2D eigenvalue weighted by Crippen LogP contribution is -2.60. The topological polar surface area (TPSA) is 144 Å². The maximum atomic E-state index is 12.9. The van der Waals surface area contributed by atoms with Gasteiger partial charge in [-0.3, -0.25) is 32.9 Å². The first-order chi connectivity index (χ1) is 14.7. The molecule has 0 spiro atoms. The molecule has 3 heterocycles. The van der Waals surface area contributed by atoms with Crippen LogP contribution in [0.15, 0.2) is 12.3 Å². The van der Waals surface area contributed by atoms with E-state index in [1.54, 1.807) is 6.92 Å². The summed E-state index contributed by atoms with van der Waals surface area (Å²) in [6, 6.07) is 0. The largest absolute Gasteiger partial charge is 0.475 e. The molecule has 0 bridgehead atoms. The van der Waals surface area contributed by atoms with E-state index < -0.39 is 37.7 Å². The van der Waals surface area contributed by atoms with Gasteiger partial charge >= 0.3 is 13.8 Å². The normalized spacial score (nSPS) is 35.3. The number of amides is 1. The summed E-state index contributed by atoms with van der Waals surface area (Å²) in [4.78, 5) is 36.5. The Morgan fingerprint density at radius 2 is 2.13 bits per heavy atom. The Labute approximate surface area is 180 Å². The van der Waals surface area contributed by atoms with Crippen molar-refractivity contribution in [1.29, 1.82) is 0 Å². The molecule has 2 fully saturated rings. The highest BCUT2D eigenvalue weighted by Gasteiger charge is 2.60. The highest BCUT2D eigenvalue weighted by molar-refractivity contribution is 7.48. The van der Waals surface area contributed by atoms with Gasteiger partial charge < -0.3 is 15.2 Å². The summed E-state index contributed by atoms with van der Waals surface area (Å²) in [5.41, 5.74) is 5.18. The Balaban J connectivity index is 1.54. The van der Waals surface area contributed by atoms with Crippen LogP contribution in [0.5, 0.6) is 0 Å². The van der Waals surface area contributed by atoms with E-state index in [-0.39, 0.29) is 44.2 Å². The minimum absolute atomic E-state index is 0.0292. The number of hydrogen-bond acceptors (Lipinski definition) is 10. The third kappa shape index (κ3) is 5.60. The molecule has 11 nitrogen and oxygen atoms in total. The first-order valence-electron chi connectivity index (χ1n) is 10.4. The molecule has 0 aromatic heterocycles. The Hall–Kier alpha value is -1.62. The molecule has 0 saturated carbocycles. The zero-order valence-electron chi connectivity index (χ0n) is 17.7. The summed E-state index contributed by atoms with van der Waals surface area (Å²) in [6.07, 6.45) is 2.02. The standard InChI is InChI=1S/C19H29N2O9P/c1-3-4-9-26-16(24)6-5-10-27-31(25)28-12-14-17(30-31)19(2,20)18(29-14)21-8-7-13(22)11-15(21)23/h7-8,14,17-18H,3-6,9-12,20H2,1-2H3/t14-,17-,18-,19-,31-/m1/s1. The summed E-state index contributed by atoms with van der Waals surface area (Å²) in [7, 11) is -3.93. The highest BCUT2D eigenvalue weighted by Crippen LogP contribution is 2.57. The van der Waals surface area contributed by atoms with Crippen LogP contribution in [-0.2, 0) is 42.0 Å². The lowest BCUT2D eigenvalue weighted by molar-refractivity contribution is -0.147. The third-order valence-corrected chi connectivity index (χ3v) is 6.70. The van der Waals surface area contributed by atoms with Crippen LogP contribution in [0.25, 0.3) is 0 Å². The van der Waals surface area contributed by atoms with E-state index in [0.717, 1.165) is 12.8 Å². The van der Waals surface area contributed by atoms with Gasteiger partial charge in [-0.25, -0.2) is 4.57 Å². The second-order valence-electron chi connectivity index (χ2n) is 7.93. The van der Waals surface area contributed by atoms with E-state index in [4.69, 9.17) is 28.8 Å². The first-order valence-corrected chi connectivity index (χ1v) is 11.8. The van der Waals surface area contributed by atoms with Crippen molar-refractivity contribution in [2.75, 3.05) is 19.8 Å². The molecule has 0 aliphatic carbocycles. The van der Waals surface area contributed by atoms with Crippen LogP contribution in [0.4, 0.5) is 0 Å². The van der Waals surface area contributed by atoms with E-state index in [1.807, 2.05) is 6.92 Å². The molecule has 2 N–H and O–H groups in total. The first kappa shape index (κ1) is 24.0. The fourth-order valence-electron chi connectivity index (χ4n) is 3.55. The number of phosphoric ester groups is 1. The fraction of sp³-hybridized carbons (Fsp3) is 0.737. The molecule has 0 aromatic carbocycles. The number of carbonyl (C=O) groups is 3. The summed E-state index contributed by atoms with van der Waals surface area (Å²) < 4.78 is 40.0. The molecule has 0 radical (unpaired) electrons. The van der Waals surface area contributed by atoms with E-state index in [2.05, 4.69) is 0 Å². The number of ketones is 1. The zero-order valence-corrected chi connectivity index (χ0v) is 18.6. The lowest BCUT2D eigenvalue weighted by atomic mass is 9.92. The van der Waals surface area contributed by atoms with Crippen molar-refractivity contribution >= 4 is 25.5 Å². The average Bonchev–Trinajstić information content (AvgIpc) is 2.96. The van der Waals surface area contributed by atoms with Gasteiger partial charge in [-0.15, -0.1) is 0 Å². The van der Waals surface area contributed by atoms with Gasteiger partial charge in [0.1, 0.15) is 12.2 Å². The van der Waals surface area contributed by atoms with Crippen LogP contribution in [0, 0.1) is 0 Å². The van der Waals surface area contributed by atoms with Crippen LogP contribution in [-0.4, -0.2) is 66.4 Å². The van der Waals surface area contributed by atoms with Gasteiger partial charge in [-0.2, -0.15) is 0 Å². The molecule has 2 saturated heterocycles. The SMILES string of the molecule is CCCCOC(=O)CCCO[P@]1(=O)OC[C@H]2O[C@@H](N3C=CC(=O)CC3=O)[C@](C)(N)[C@@H]2O1. The number of hydrogen-bond donors (Lipinski definition) is 1. The Bertz CT molecular complexity index is 784. The van der Waals surface area contributed by atoms with Gasteiger partial charge in [0.2, 0.25) is 5.91 Å². The number of nitrogens with zero attached hydrogens (tertiary/aromatic N) is 1. The van der Waals surface area contributed by atoms with Crippen LogP contribution < -0.4 is 5.73 Å². The van der Waals surface area contributed by atoms with Crippen molar-refractivity contribution in [3.63, 3.8) is 0 Å². The number of fused-ring (bicyclic) bond motifs is 1. The molecular weight excluding hydrogens is 431 g/mol. The van der Waals surface area contributed by atoms with Crippen LogP contribution >= 0.6 is 7.82 Å². The molecule has 5 atom stereocenters. The zero-order chi connectivity index (χ0) is 22.6. The van der Waals surface area contributed by atoms with Crippen molar-refractivity contribution in [2.45, 2.75) is 69.9 Å². The molecule has 174 valence electrons. The molecule has 0 aromatic rings. The Kier molecular flexibility index (Phi) is 7.67. The number of phosphoric acid groups is 1. The van der Waals surface area contributed by atoms with Gasteiger partial charge in [-0.05, 0) is 25.8 Å². The second-order valence-corrected chi connectivity index (χ2v) is 9.55. The molecule has 3 rings (SSSR count). The predicted octanol–water partition coefficient (Wildman–Crippen LogP) is 1.41. The third-order valence-electron chi connectivity index (χ3n) is 5.25. The lowest BCUT2D eigenvalue weighted by Gasteiger charge is -2.38. The summed E-state index contributed by atoms with van der Waals surface area (Å²) in [5.74, 6) is -1.10. The summed E-state index contributed by atoms with van der Waals surface area (Å²) in [6.45, 7) is 3.86. The predicted molar refractivity (Wildman–Crippen MR) is 106 cm³/mol. The second kappa shape index (κ2) is 9.89. The smallest absolute Gasteiger partial charge is 0.466 e. The molecule has 3 aliphatic heterocycles. The van der Waals surface area contributed by atoms with Gasteiger partial charge in [-0.1, -0.05) is 13.3 Å². The van der Waals surface area contributed by atoms with Crippen molar-refractivity contribution in [3.8, 4) is 0 Å². The Morgan fingerprint density at radius 3 is 2.84 bits per heavy atom. The molecule has 0 unspecified atom stereocenters. The number of carbonyl (C=O) groups excluding carboxylic acids is 3. The number of rotatable bonds is 9. The van der Waals surface area contributed by atoms with Gasteiger partial charge in [0.25, 0.3) is 0 Å². The van der Waals surface area contributed by atoms with Crippen molar-refractivity contribution in [3.05, 3.63) is 12.3 Å². The summed E-state index contributed by atoms with van der Waals surface area (Å²) in [5, 5.41) is 0. The average molecular weight is 460 g/mol. The van der Waals surface area contributed by atoms with Crippen LogP contribution in [0.2, 0.25) is 0 Å². The van der Waals surface area contributed by atoms with Crippen LogP contribution in [0.1, 0.15) is 46.0 Å². The maximum absolute atomic E-state index is 12.9. The molecule has 3 aliphatic rings. The number of ether oxygens (including phenoxy) is 2. The number of allylic oxidation sites excluding steroid dienone is 1. The summed E-state index contributed by atoms with van der Waals surface area (Å²) >= 11 is 0. The molecule has 12 heteroatoms. The fourth-order valence-corrected chi connectivity index (χ4v) is 5.07. The van der Waals surface area contributed by atoms with E-state index in [0.29, 0.717) is 6.61 Å². The van der Waals surface area contributed by atoms with Crippen LogP contribution in [0.3, 0.4) is 0 Å². The minimum Gasteiger partial charge on any atom is -0.466 e. The van der Waals surface area contributed by atoms with Gasteiger partial charge in [0.05, 0.1) is 31.8 Å². The van der Waals surface area contributed by atoms with Gasteiger partial charge in [0, 0.05) is 12.6 Å². The quantitative estimate of drug-likeness (QED) is 0.232. The van der Waals surface area contributed by atoms with E-state index in [1.165, 1.54) is 17.2 Å². The van der Waals surface area contributed by atoms with E-state index in [9.17, 15) is 18.9 Å². The Morgan fingerprint density at radius 1 is 1.35 bits per heavy atom. The molecule has 31 heavy (non-hydrogen) atoms. The van der Waals surface area contributed by atoms with Crippen molar-refractivity contribution < 1.29 is 42.0 Å². The monoisotopic (exact) mass is 460 g/mol. The number of nitrogens with two attached hydrogens (primary N) is 1. The number of unbranched alkanes of at least 4 members (excludes halogenated alkanes) is 1.